The van der Waals surface area contributed by atoms with Crippen molar-refractivity contribution >= 4 is 69.0 Å². The summed E-state index contributed by atoms with van der Waals surface area (Å²) in [6, 6.07) is 6.76. The number of carbonyl (C=O) groups is 1. The van der Waals surface area contributed by atoms with Gasteiger partial charge in [-0.05, 0) is 41.9 Å². The molecule has 18 heavy (non-hydrogen) atoms. The van der Waals surface area contributed by atoms with Gasteiger partial charge in [0.2, 0.25) is 5.28 Å². The van der Waals surface area contributed by atoms with Crippen LogP contribution in [0.1, 0.15) is 10.5 Å². The number of rotatable bonds is 2. The van der Waals surface area contributed by atoms with Crippen LogP contribution in [0.15, 0.2) is 30.3 Å². The van der Waals surface area contributed by atoms with Gasteiger partial charge in [-0.25, -0.2) is 19.2 Å². The average molecular weight is 293 g/mol. The van der Waals surface area contributed by atoms with E-state index in [-0.39, 0.29) is 68.2 Å². The number of nitrogens with zero attached hydrogens (tertiary/aromatic N) is 2. The van der Waals surface area contributed by atoms with Crippen LogP contribution in [0.4, 0.5) is 4.39 Å². The molecule has 0 saturated carbocycles. The second-order valence-electron chi connectivity index (χ2n) is 3.22. The number of aromatic carboxylic acids is 1. The van der Waals surface area contributed by atoms with E-state index in [1.54, 1.807) is 0 Å². The summed E-state index contributed by atoms with van der Waals surface area (Å²) < 4.78 is 12.7. The monoisotopic (exact) mass is 292 g/mol. The molecule has 1 N–H and O–H groups in total. The molecule has 0 amide bonds. The van der Waals surface area contributed by atoms with Crippen molar-refractivity contribution in [1.29, 1.82) is 0 Å². The minimum absolute atomic E-state index is 0. The van der Waals surface area contributed by atoms with E-state index in [9.17, 15) is 9.18 Å². The van der Waals surface area contributed by atoms with Gasteiger partial charge in [-0.1, -0.05) is 0 Å². The van der Waals surface area contributed by atoms with E-state index in [1.165, 1.54) is 30.3 Å². The Bertz CT molecular complexity index is 578. The molecule has 0 spiro atoms. The molecule has 0 fully saturated rings. The first-order valence-electron chi connectivity index (χ1n) is 4.60. The van der Waals surface area contributed by atoms with Gasteiger partial charge in [0.15, 0.2) is 5.69 Å². The molecule has 1 aromatic heterocycles. The van der Waals surface area contributed by atoms with Crippen LogP contribution in [-0.2, 0) is 0 Å². The third kappa shape index (κ3) is 3.81. The standard InChI is InChI=1S/C11H6ClFN2O2.K.H/c12-11-14-8(5-9(15-11)10(16)17)6-1-3-7(13)4-2-6;;/h1-5H,(H,16,17);;. The first-order chi connectivity index (χ1) is 8.06. The second-order valence-corrected chi connectivity index (χ2v) is 3.56. The summed E-state index contributed by atoms with van der Waals surface area (Å²) in [5.74, 6) is -1.58. The normalized spacial score (nSPS) is 9.67. The molecule has 4 nitrogen and oxygen atoms in total. The molecular formula is C11H7ClFKN2O2. The van der Waals surface area contributed by atoms with Crippen molar-refractivity contribution < 1.29 is 14.3 Å². The molecule has 2 aromatic rings. The first-order valence-corrected chi connectivity index (χ1v) is 4.98. The van der Waals surface area contributed by atoms with E-state index in [2.05, 4.69) is 9.97 Å². The van der Waals surface area contributed by atoms with Gasteiger partial charge in [0.05, 0.1) is 5.69 Å². The molecule has 0 bridgehead atoms. The van der Waals surface area contributed by atoms with Gasteiger partial charge >= 0.3 is 57.4 Å². The molecule has 0 aliphatic rings. The number of halogens is 2. The van der Waals surface area contributed by atoms with E-state index < -0.39 is 5.97 Å². The van der Waals surface area contributed by atoms with E-state index in [4.69, 9.17) is 16.7 Å². The number of carboxylic acids is 1. The third-order valence-corrected chi connectivity index (χ3v) is 2.23. The Balaban J connectivity index is 0.00000162. The zero-order valence-corrected chi connectivity index (χ0v) is 9.15. The maximum absolute atomic E-state index is 12.7. The van der Waals surface area contributed by atoms with Gasteiger partial charge < -0.3 is 5.11 Å². The van der Waals surface area contributed by atoms with Crippen LogP contribution in [0, 0.1) is 5.82 Å². The molecule has 0 unspecified atom stereocenters. The summed E-state index contributed by atoms with van der Waals surface area (Å²) in [6.07, 6.45) is 0. The second kappa shape index (κ2) is 6.69. The maximum atomic E-state index is 12.7. The van der Waals surface area contributed by atoms with Gasteiger partial charge in [-0.3, -0.25) is 0 Å². The number of carboxylic acid groups (broad SMARTS) is 1. The topological polar surface area (TPSA) is 63.1 Å². The Morgan fingerprint density at radius 3 is 2.39 bits per heavy atom. The minimum atomic E-state index is -1.20. The van der Waals surface area contributed by atoms with E-state index in [0.29, 0.717) is 11.3 Å². The fourth-order valence-electron chi connectivity index (χ4n) is 1.30. The molecule has 1 aromatic carbocycles. The van der Waals surface area contributed by atoms with Crippen LogP contribution in [0.3, 0.4) is 0 Å². The van der Waals surface area contributed by atoms with Crippen molar-refractivity contribution in [2.75, 3.05) is 0 Å². The Morgan fingerprint density at radius 2 is 1.83 bits per heavy atom. The van der Waals surface area contributed by atoms with Crippen molar-refractivity contribution in [2.45, 2.75) is 0 Å². The Hall–Kier alpha value is -0.374. The molecule has 0 aliphatic heterocycles. The summed E-state index contributed by atoms with van der Waals surface area (Å²) in [7, 11) is 0. The number of hydrogen-bond acceptors (Lipinski definition) is 3. The molecular weight excluding hydrogens is 286 g/mol. The quantitative estimate of drug-likeness (QED) is 0.679. The Kier molecular flexibility index (Phi) is 5.83. The van der Waals surface area contributed by atoms with Gasteiger partial charge in [-0.2, -0.15) is 0 Å². The summed E-state index contributed by atoms with van der Waals surface area (Å²) in [5.41, 5.74) is 0.699. The van der Waals surface area contributed by atoms with E-state index in [1.807, 2.05) is 0 Å². The van der Waals surface area contributed by atoms with Gasteiger partial charge in [0, 0.05) is 5.56 Å². The first kappa shape index (κ1) is 15.7. The molecule has 0 aliphatic carbocycles. The van der Waals surface area contributed by atoms with E-state index in [0.717, 1.165) is 0 Å². The number of aromatic nitrogens is 2. The van der Waals surface area contributed by atoms with Crippen LogP contribution in [0.25, 0.3) is 11.3 Å². The third-order valence-electron chi connectivity index (χ3n) is 2.06. The Labute approximate surface area is 150 Å². The summed E-state index contributed by atoms with van der Waals surface area (Å²) in [4.78, 5) is 18.2. The van der Waals surface area contributed by atoms with Crippen molar-refractivity contribution in [3.05, 3.63) is 47.1 Å². The molecule has 7 heteroatoms. The zero-order valence-electron chi connectivity index (χ0n) is 8.39. The summed E-state index contributed by atoms with van der Waals surface area (Å²) in [5, 5.41) is 8.65. The van der Waals surface area contributed by atoms with Crippen molar-refractivity contribution in [3.8, 4) is 11.3 Å². The molecule has 88 valence electrons. The fraction of sp³-hybridized carbons (Fsp3) is 0. The van der Waals surface area contributed by atoms with Crippen LogP contribution < -0.4 is 0 Å². The number of benzene rings is 1. The van der Waals surface area contributed by atoms with E-state index >= 15 is 0 Å². The average Bonchev–Trinajstić information content (AvgIpc) is 2.29. The predicted molar refractivity (Wildman–Crippen MR) is 66.5 cm³/mol. The fourth-order valence-corrected chi connectivity index (χ4v) is 1.48. The molecule has 0 radical (unpaired) electrons. The van der Waals surface area contributed by atoms with Crippen LogP contribution >= 0.6 is 11.6 Å². The van der Waals surface area contributed by atoms with Gasteiger partial charge in [0.25, 0.3) is 0 Å². The van der Waals surface area contributed by atoms with Crippen molar-refractivity contribution in [1.82, 2.24) is 9.97 Å². The summed E-state index contributed by atoms with van der Waals surface area (Å²) in [6.45, 7) is 0. The van der Waals surface area contributed by atoms with Gasteiger partial charge in [-0.15, -0.1) is 0 Å². The number of hydrogen-bond donors (Lipinski definition) is 1. The molecule has 2 rings (SSSR count). The van der Waals surface area contributed by atoms with Crippen molar-refractivity contribution in [3.63, 3.8) is 0 Å². The zero-order chi connectivity index (χ0) is 12.4. The molecule has 0 saturated heterocycles. The van der Waals surface area contributed by atoms with Crippen LogP contribution in [0.5, 0.6) is 0 Å². The summed E-state index contributed by atoms with van der Waals surface area (Å²) >= 11 is 5.62. The molecule has 0 atom stereocenters. The van der Waals surface area contributed by atoms with Crippen LogP contribution in [0.2, 0.25) is 5.28 Å². The predicted octanol–water partition coefficient (Wildman–Crippen LogP) is 1.99. The van der Waals surface area contributed by atoms with Crippen molar-refractivity contribution in [2.24, 2.45) is 0 Å². The molecule has 1 heterocycles. The SMILES string of the molecule is O=C(O)c1cc(-c2ccc(F)cc2)nc(Cl)n1.[KH]. The van der Waals surface area contributed by atoms with Gasteiger partial charge in [0.1, 0.15) is 5.82 Å². The van der Waals surface area contributed by atoms with Crippen LogP contribution in [-0.4, -0.2) is 72.4 Å². The Morgan fingerprint density at radius 1 is 1.22 bits per heavy atom.